The highest BCUT2D eigenvalue weighted by molar-refractivity contribution is 5.13. The average molecular weight is 385 g/mol. The van der Waals surface area contributed by atoms with Crippen molar-refractivity contribution in [2.45, 2.75) is 95.7 Å². The van der Waals surface area contributed by atoms with Gasteiger partial charge in [0.15, 0.2) is 11.2 Å². The van der Waals surface area contributed by atoms with E-state index in [9.17, 15) is 15.2 Å². The Morgan fingerprint density at radius 1 is 1.19 bits per heavy atom. The van der Waals surface area contributed by atoms with E-state index < -0.39 is 39.8 Å². The van der Waals surface area contributed by atoms with Gasteiger partial charge >= 0.3 is 5.72 Å². The molecule has 27 heavy (non-hydrogen) atoms. The van der Waals surface area contributed by atoms with Gasteiger partial charge in [0.25, 0.3) is 0 Å². The molecule has 1 saturated carbocycles. The molecule has 9 atom stereocenters. The first-order valence-corrected chi connectivity index (χ1v) is 10.1. The Hall–Kier alpha value is -0.800. The van der Waals surface area contributed by atoms with Crippen molar-refractivity contribution in [2.75, 3.05) is 0 Å². The van der Waals surface area contributed by atoms with Crippen LogP contribution in [0.15, 0.2) is 0 Å². The monoisotopic (exact) mass is 385 g/mol. The first-order valence-electron chi connectivity index (χ1n) is 10.1. The van der Waals surface area contributed by atoms with Gasteiger partial charge in [-0.3, -0.25) is 14.9 Å². The topological polar surface area (TPSA) is 100 Å². The minimum atomic E-state index is -1.96. The van der Waals surface area contributed by atoms with E-state index >= 15 is 0 Å². The van der Waals surface area contributed by atoms with Crippen molar-refractivity contribution in [3.63, 3.8) is 0 Å². The summed E-state index contributed by atoms with van der Waals surface area (Å²) in [5.74, 6) is -1.27. The third-order valence-electron chi connectivity index (χ3n) is 8.01. The zero-order chi connectivity index (χ0) is 19.8. The molecular weight excluding hydrogens is 354 g/mol. The zero-order valence-corrected chi connectivity index (χ0v) is 16.8. The zero-order valence-electron chi connectivity index (χ0n) is 16.8. The third-order valence-corrected chi connectivity index (χ3v) is 8.01. The van der Waals surface area contributed by atoms with Gasteiger partial charge in [-0.25, -0.2) is 9.78 Å². The number of aliphatic hydroxyl groups is 1. The molecule has 0 aromatic heterocycles. The summed E-state index contributed by atoms with van der Waals surface area (Å²) in [4.78, 5) is 23.7. The summed E-state index contributed by atoms with van der Waals surface area (Å²) in [7, 11) is 0. The van der Waals surface area contributed by atoms with Crippen molar-refractivity contribution < 1.29 is 29.3 Å². The predicted molar refractivity (Wildman–Crippen MR) is 93.7 cm³/mol. The Kier molecular flexibility index (Phi) is 4.23. The number of nitro groups is 1. The quantitative estimate of drug-likeness (QED) is 0.453. The van der Waals surface area contributed by atoms with Gasteiger partial charge in [0, 0.05) is 12.3 Å². The Morgan fingerprint density at radius 3 is 2.52 bits per heavy atom. The van der Waals surface area contributed by atoms with Crippen molar-refractivity contribution in [3.05, 3.63) is 10.1 Å². The van der Waals surface area contributed by atoms with Crippen molar-refractivity contribution in [1.82, 2.24) is 0 Å². The van der Waals surface area contributed by atoms with Crippen LogP contribution in [-0.2, 0) is 19.2 Å². The first-order chi connectivity index (χ1) is 12.5. The van der Waals surface area contributed by atoms with Crippen LogP contribution in [0.25, 0.3) is 0 Å². The lowest BCUT2D eigenvalue weighted by Gasteiger charge is -2.62. The van der Waals surface area contributed by atoms with Crippen LogP contribution < -0.4 is 0 Å². The highest BCUT2D eigenvalue weighted by Crippen LogP contribution is 2.63. The fourth-order valence-electron chi connectivity index (χ4n) is 6.20. The summed E-state index contributed by atoms with van der Waals surface area (Å²) in [5.41, 5.74) is -4.49. The molecule has 2 bridgehead atoms. The van der Waals surface area contributed by atoms with E-state index in [1.807, 2.05) is 0 Å². The molecule has 4 heterocycles. The van der Waals surface area contributed by atoms with E-state index in [4.69, 9.17) is 19.2 Å². The summed E-state index contributed by atoms with van der Waals surface area (Å²) in [6.07, 6.45) is 2.44. The highest BCUT2D eigenvalue weighted by Gasteiger charge is 2.78. The van der Waals surface area contributed by atoms with E-state index in [1.165, 1.54) is 6.92 Å². The van der Waals surface area contributed by atoms with Crippen molar-refractivity contribution in [3.8, 4) is 0 Å². The van der Waals surface area contributed by atoms with Crippen molar-refractivity contribution in [2.24, 2.45) is 23.7 Å². The van der Waals surface area contributed by atoms with E-state index in [-0.39, 0.29) is 18.3 Å². The molecule has 5 fully saturated rings. The summed E-state index contributed by atoms with van der Waals surface area (Å²) in [6, 6.07) is 0. The SMILES string of the molecule is CCC(C)(O)[C@]1([N+](=O)[O-])O[C@@H]2O[C@]3(C)CC[C@H]4[C@H](C)CC[C@@H]([C@H]1C)[C@@]24OO3. The maximum atomic E-state index is 12.4. The Morgan fingerprint density at radius 2 is 1.89 bits per heavy atom. The molecule has 1 N–H and O–H groups in total. The van der Waals surface area contributed by atoms with Crippen LogP contribution in [0.1, 0.15) is 66.7 Å². The van der Waals surface area contributed by atoms with Crippen LogP contribution in [-0.4, -0.2) is 39.0 Å². The summed E-state index contributed by atoms with van der Waals surface area (Å²) in [5, 5.41) is 23.4. The van der Waals surface area contributed by atoms with Gasteiger partial charge < -0.3 is 9.84 Å². The molecule has 8 nitrogen and oxygen atoms in total. The lowest BCUT2D eigenvalue weighted by atomic mass is 9.55. The molecule has 1 unspecified atom stereocenters. The van der Waals surface area contributed by atoms with Gasteiger partial charge in [0.1, 0.15) is 0 Å². The van der Waals surface area contributed by atoms with E-state index in [1.54, 1.807) is 20.8 Å². The average Bonchev–Trinajstić information content (AvgIpc) is 2.83. The molecule has 0 aromatic carbocycles. The number of hydrogen-bond acceptors (Lipinski definition) is 7. The smallest absolute Gasteiger partial charge is 0.358 e. The van der Waals surface area contributed by atoms with E-state index in [0.29, 0.717) is 12.3 Å². The summed E-state index contributed by atoms with van der Waals surface area (Å²) >= 11 is 0. The van der Waals surface area contributed by atoms with Gasteiger partial charge in [-0.05, 0) is 51.4 Å². The number of ether oxygens (including phenoxy) is 2. The minimum absolute atomic E-state index is 0.129. The first kappa shape index (κ1) is 19.5. The summed E-state index contributed by atoms with van der Waals surface area (Å²) in [6.45, 7) is 9.00. The van der Waals surface area contributed by atoms with Gasteiger partial charge in [-0.1, -0.05) is 20.8 Å². The van der Waals surface area contributed by atoms with Gasteiger partial charge in [-0.2, -0.15) is 0 Å². The third kappa shape index (κ3) is 2.28. The second kappa shape index (κ2) is 5.86. The number of hydrogen-bond donors (Lipinski definition) is 1. The molecule has 1 aliphatic carbocycles. The van der Waals surface area contributed by atoms with Crippen LogP contribution in [0.3, 0.4) is 0 Å². The highest BCUT2D eigenvalue weighted by atomic mass is 17.3. The largest absolute Gasteiger partial charge is 0.380 e. The lowest BCUT2D eigenvalue weighted by Crippen LogP contribution is -2.78. The molecule has 4 saturated heterocycles. The second-order valence-corrected chi connectivity index (χ2v) is 9.40. The predicted octanol–water partition coefficient (Wildman–Crippen LogP) is 3.00. The van der Waals surface area contributed by atoms with Crippen LogP contribution in [0, 0.1) is 33.8 Å². The molecule has 0 aromatic rings. The maximum absolute atomic E-state index is 12.4. The molecule has 5 aliphatic rings. The normalized spacial score (nSPS) is 53.9. The second-order valence-electron chi connectivity index (χ2n) is 9.40. The molecule has 0 radical (unpaired) electrons. The van der Waals surface area contributed by atoms with E-state index in [0.717, 1.165) is 19.3 Å². The Labute approximate surface area is 159 Å². The van der Waals surface area contributed by atoms with Crippen LogP contribution >= 0.6 is 0 Å². The van der Waals surface area contributed by atoms with Crippen molar-refractivity contribution in [1.29, 1.82) is 0 Å². The minimum Gasteiger partial charge on any atom is -0.380 e. The van der Waals surface area contributed by atoms with Crippen LogP contribution in [0.2, 0.25) is 0 Å². The standard InChI is InChI=1S/C19H31NO7/c1-6-16(4,21)19(20(22)23)12(3)14-8-7-11(2)13-9-10-17(5)24-15(25-19)18(13,14)27-26-17/h11-15,21H,6-10H2,1-5H3/t11-,12-,13+,14+,15+,16?,17+,18-,19-/m1/s1. The van der Waals surface area contributed by atoms with Crippen molar-refractivity contribution >= 4 is 0 Å². The van der Waals surface area contributed by atoms with Gasteiger partial charge in [0.05, 0.1) is 10.8 Å². The molecule has 154 valence electrons. The molecule has 1 spiro atoms. The molecule has 5 rings (SSSR count). The number of rotatable bonds is 3. The number of fused-ring (bicyclic) bond motifs is 2. The molecular formula is C19H31NO7. The fourth-order valence-corrected chi connectivity index (χ4v) is 6.20. The van der Waals surface area contributed by atoms with Gasteiger partial charge in [0.2, 0.25) is 12.1 Å². The fraction of sp³-hybridized carbons (Fsp3) is 1.00. The maximum Gasteiger partial charge on any atom is 0.358 e. The molecule has 8 heteroatoms. The van der Waals surface area contributed by atoms with Crippen LogP contribution in [0.5, 0.6) is 0 Å². The lowest BCUT2D eigenvalue weighted by molar-refractivity contribution is -0.708. The van der Waals surface area contributed by atoms with E-state index in [2.05, 4.69) is 6.92 Å². The Balaban J connectivity index is 1.88. The Bertz CT molecular complexity index is 642. The van der Waals surface area contributed by atoms with Crippen LogP contribution in [0.4, 0.5) is 0 Å². The summed E-state index contributed by atoms with van der Waals surface area (Å²) < 4.78 is 12.4. The number of nitrogens with zero attached hydrogens (tertiary/aromatic N) is 1. The molecule has 4 aliphatic heterocycles. The molecule has 0 amide bonds. The van der Waals surface area contributed by atoms with Gasteiger partial charge in [-0.15, -0.1) is 0 Å².